The quantitative estimate of drug-likeness (QED) is 0.624. The molecule has 0 unspecified atom stereocenters. The lowest BCUT2D eigenvalue weighted by Crippen LogP contribution is -2.32. The normalized spacial score (nSPS) is 14.0. The van der Waals surface area contributed by atoms with Gasteiger partial charge in [0.2, 0.25) is 0 Å². The van der Waals surface area contributed by atoms with Crippen LogP contribution in [0.25, 0.3) is 0 Å². The van der Waals surface area contributed by atoms with Gasteiger partial charge in [0, 0.05) is 26.3 Å². The first kappa shape index (κ1) is 20.9. The molecule has 0 aromatic carbocycles. The van der Waals surface area contributed by atoms with Gasteiger partial charge < -0.3 is 14.9 Å². The molecule has 1 aliphatic rings. The number of hydrogen-bond acceptors (Lipinski definition) is 6. The molecule has 0 saturated carbocycles. The van der Waals surface area contributed by atoms with Gasteiger partial charge in [-0.15, -0.1) is 5.06 Å². The van der Waals surface area contributed by atoms with E-state index in [0.29, 0.717) is 11.6 Å². The largest absolute Gasteiger partial charge is 0.444 e. The second kappa shape index (κ2) is 9.81. The van der Waals surface area contributed by atoms with Gasteiger partial charge in [-0.05, 0) is 27.2 Å². The number of hydrogen-bond donors (Lipinski definition) is 1. The monoisotopic (exact) mass is 330 g/mol. The average Bonchev–Trinajstić information content (AvgIpc) is 2.69. The summed E-state index contributed by atoms with van der Waals surface area (Å²) >= 11 is 0. The molecule has 8 nitrogen and oxygen atoms in total. The van der Waals surface area contributed by atoms with E-state index in [2.05, 4.69) is 17.1 Å². The summed E-state index contributed by atoms with van der Waals surface area (Å²) in [4.78, 5) is 47.1. The number of alkyl carbamates (subject to hydrolysis) is 1. The molecule has 0 radical (unpaired) electrons. The molecule has 8 heteroatoms. The molecule has 1 saturated heterocycles. The standard InChI is InChI=1S/C9H19NO2.C6H7NO4/c1-5-6-7-10-8(11)12-9(2,3)4;1-4(8)11-7-5(9)2-3-6(7)10/h5-7H2,1-4H3,(H,10,11);2-3H2,1H3. The molecule has 3 amide bonds. The third-order valence-electron chi connectivity index (χ3n) is 2.42. The third-order valence-corrected chi connectivity index (χ3v) is 2.42. The zero-order valence-corrected chi connectivity index (χ0v) is 14.4. The zero-order chi connectivity index (χ0) is 18.0. The average molecular weight is 330 g/mol. The molecule has 1 rings (SSSR count). The molecular weight excluding hydrogens is 304 g/mol. The fourth-order valence-electron chi connectivity index (χ4n) is 1.47. The Morgan fingerprint density at radius 2 is 1.70 bits per heavy atom. The van der Waals surface area contributed by atoms with Gasteiger partial charge in [-0.2, -0.15) is 0 Å². The lowest BCUT2D eigenvalue weighted by atomic mass is 10.2. The number of imide groups is 1. The van der Waals surface area contributed by atoms with Crippen molar-refractivity contribution >= 4 is 23.9 Å². The number of carbonyl (C=O) groups is 4. The number of unbranched alkanes of at least 4 members (excludes halogenated alkanes) is 1. The Balaban J connectivity index is 0.000000422. The topological polar surface area (TPSA) is 102 Å². The maximum absolute atomic E-state index is 11.0. The van der Waals surface area contributed by atoms with Gasteiger partial charge in [0.15, 0.2) is 0 Å². The molecule has 0 aromatic heterocycles. The lowest BCUT2D eigenvalue weighted by molar-refractivity contribution is -0.195. The molecule has 1 fully saturated rings. The number of amides is 3. The summed E-state index contributed by atoms with van der Waals surface area (Å²) in [7, 11) is 0. The molecule has 1 aliphatic heterocycles. The number of nitrogens with one attached hydrogen (secondary N) is 1. The molecule has 23 heavy (non-hydrogen) atoms. The zero-order valence-electron chi connectivity index (χ0n) is 14.4. The highest BCUT2D eigenvalue weighted by molar-refractivity contribution is 6.01. The van der Waals surface area contributed by atoms with E-state index < -0.39 is 23.4 Å². The number of hydroxylamine groups is 2. The van der Waals surface area contributed by atoms with Crippen molar-refractivity contribution in [3.05, 3.63) is 0 Å². The summed E-state index contributed by atoms with van der Waals surface area (Å²) in [5.41, 5.74) is -0.393. The van der Waals surface area contributed by atoms with Crippen LogP contribution in [0.15, 0.2) is 0 Å². The maximum Gasteiger partial charge on any atom is 0.407 e. The molecule has 0 atom stereocenters. The smallest absolute Gasteiger partial charge is 0.407 e. The highest BCUT2D eigenvalue weighted by Crippen LogP contribution is 2.11. The summed E-state index contributed by atoms with van der Waals surface area (Å²) < 4.78 is 5.03. The van der Waals surface area contributed by atoms with Crippen molar-refractivity contribution in [2.45, 2.75) is 65.9 Å². The first-order valence-electron chi connectivity index (χ1n) is 7.58. The first-order valence-corrected chi connectivity index (χ1v) is 7.58. The number of nitrogens with zero attached hydrogens (tertiary/aromatic N) is 1. The number of rotatable bonds is 4. The van der Waals surface area contributed by atoms with E-state index in [1.807, 2.05) is 20.8 Å². The van der Waals surface area contributed by atoms with E-state index in [9.17, 15) is 19.2 Å². The van der Waals surface area contributed by atoms with Crippen molar-refractivity contribution in [3.8, 4) is 0 Å². The van der Waals surface area contributed by atoms with Gasteiger partial charge in [-0.25, -0.2) is 9.59 Å². The summed E-state index contributed by atoms with van der Waals surface area (Å²) in [5, 5.41) is 3.20. The Kier molecular flexibility index (Phi) is 8.90. The van der Waals surface area contributed by atoms with E-state index in [1.54, 1.807) is 0 Å². The lowest BCUT2D eigenvalue weighted by Gasteiger charge is -2.19. The van der Waals surface area contributed by atoms with Crippen LogP contribution in [0.4, 0.5) is 4.79 Å². The van der Waals surface area contributed by atoms with Crippen LogP contribution in [0.1, 0.15) is 60.3 Å². The van der Waals surface area contributed by atoms with Crippen LogP contribution < -0.4 is 5.32 Å². The summed E-state index contributed by atoms with van der Waals surface area (Å²) in [6, 6.07) is 0. The maximum atomic E-state index is 11.0. The van der Waals surface area contributed by atoms with Crippen LogP contribution in [-0.2, 0) is 24.0 Å². The Morgan fingerprint density at radius 3 is 2.09 bits per heavy atom. The molecule has 0 aliphatic carbocycles. The fraction of sp³-hybridized carbons (Fsp3) is 0.733. The minimum atomic E-state index is -0.659. The van der Waals surface area contributed by atoms with E-state index in [0.717, 1.165) is 19.8 Å². The minimum absolute atomic E-state index is 0.131. The second-order valence-electron chi connectivity index (χ2n) is 5.95. The fourth-order valence-corrected chi connectivity index (χ4v) is 1.47. The number of carbonyl (C=O) groups excluding carboxylic acids is 4. The molecular formula is C15H26N2O6. The van der Waals surface area contributed by atoms with Gasteiger partial charge in [-0.1, -0.05) is 13.3 Å². The van der Waals surface area contributed by atoms with Crippen molar-refractivity contribution in [3.63, 3.8) is 0 Å². The predicted octanol–water partition coefficient (Wildman–Crippen LogP) is 1.92. The molecule has 0 spiro atoms. The van der Waals surface area contributed by atoms with Gasteiger partial charge >= 0.3 is 12.1 Å². The van der Waals surface area contributed by atoms with Crippen LogP contribution >= 0.6 is 0 Å². The SMILES string of the molecule is CC(=O)ON1C(=O)CCC1=O.CCCCNC(=O)OC(C)(C)C. The third kappa shape index (κ3) is 10.3. The number of ether oxygens (including phenoxy) is 1. The van der Waals surface area contributed by atoms with E-state index >= 15 is 0 Å². The Bertz CT molecular complexity index is 426. The van der Waals surface area contributed by atoms with Gasteiger partial charge in [0.05, 0.1) is 0 Å². The van der Waals surface area contributed by atoms with E-state index in [4.69, 9.17) is 4.74 Å². The van der Waals surface area contributed by atoms with E-state index in [1.165, 1.54) is 0 Å². The second-order valence-corrected chi connectivity index (χ2v) is 5.95. The summed E-state index contributed by atoms with van der Waals surface area (Å²) in [6.45, 7) is 9.48. The van der Waals surface area contributed by atoms with Crippen molar-refractivity contribution in [2.24, 2.45) is 0 Å². The van der Waals surface area contributed by atoms with Crippen LogP contribution in [0.5, 0.6) is 0 Å². The molecule has 1 heterocycles. The van der Waals surface area contributed by atoms with Gasteiger partial charge in [0.25, 0.3) is 11.8 Å². The predicted molar refractivity (Wildman–Crippen MR) is 82.0 cm³/mol. The van der Waals surface area contributed by atoms with Crippen LogP contribution in [0.3, 0.4) is 0 Å². The Hall–Kier alpha value is -2.12. The summed E-state index contributed by atoms with van der Waals surface area (Å²) in [6.07, 6.45) is 2.02. The molecule has 132 valence electrons. The highest BCUT2D eigenvalue weighted by atomic mass is 16.7. The Morgan fingerprint density at radius 1 is 1.17 bits per heavy atom. The van der Waals surface area contributed by atoms with Crippen molar-refractivity contribution < 1.29 is 28.8 Å². The van der Waals surface area contributed by atoms with Gasteiger partial charge in [0.1, 0.15) is 5.60 Å². The molecule has 1 N–H and O–H groups in total. The Labute approximate surface area is 136 Å². The van der Waals surface area contributed by atoms with Crippen molar-refractivity contribution in [2.75, 3.05) is 6.54 Å². The van der Waals surface area contributed by atoms with Crippen molar-refractivity contribution in [1.29, 1.82) is 0 Å². The van der Waals surface area contributed by atoms with Crippen LogP contribution in [0.2, 0.25) is 0 Å². The molecule has 0 bridgehead atoms. The van der Waals surface area contributed by atoms with Gasteiger partial charge in [-0.3, -0.25) is 9.59 Å². The minimum Gasteiger partial charge on any atom is -0.444 e. The summed E-state index contributed by atoms with van der Waals surface area (Å²) in [5.74, 6) is -1.57. The van der Waals surface area contributed by atoms with E-state index in [-0.39, 0.29) is 18.9 Å². The first-order chi connectivity index (χ1) is 10.6. The van der Waals surface area contributed by atoms with Crippen LogP contribution in [0, 0.1) is 0 Å². The molecule has 0 aromatic rings. The highest BCUT2D eigenvalue weighted by Gasteiger charge is 2.31. The van der Waals surface area contributed by atoms with Crippen LogP contribution in [-0.4, -0.2) is 41.1 Å². The van der Waals surface area contributed by atoms with Crippen molar-refractivity contribution in [1.82, 2.24) is 10.4 Å².